The maximum Gasteiger partial charge on any atom is 0.191 e. The van der Waals surface area contributed by atoms with Crippen molar-refractivity contribution in [2.45, 2.75) is 64.6 Å². The molecule has 24 heavy (non-hydrogen) atoms. The number of aliphatic imine (C=N–C) groups is 1. The van der Waals surface area contributed by atoms with E-state index in [1.165, 1.54) is 37.0 Å². The first-order valence-electron chi connectivity index (χ1n) is 9.16. The number of aryl methyl sites for hydroxylation is 2. The van der Waals surface area contributed by atoms with Gasteiger partial charge in [0.15, 0.2) is 5.96 Å². The van der Waals surface area contributed by atoms with E-state index in [-0.39, 0.29) is 0 Å². The maximum absolute atomic E-state index is 6.07. The fourth-order valence-electron chi connectivity index (χ4n) is 5.02. The summed E-state index contributed by atoms with van der Waals surface area (Å²) < 4.78 is 6.07. The highest BCUT2D eigenvalue weighted by Crippen LogP contribution is 2.60. The summed E-state index contributed by atoms with van der Waals surface area (Å²) in [6, 6.07) is 0.512. The fourth-order valence-corrected chi connectivity index (χ4v) is 5.89. The van der Waals surface area contributed by atoms with Crippen molar-refractivity contribution in [3.05, 3.63) is 15.6 Å². The van der Waals surface area contributed by atoms with Crippen molar-refractivity contribution < 1.29 is 4.74 Å². The van der Waals surface area contributed by atoms with Gasteiger partial charge in [0.2, 0.25) is 0 Å². The second-order valence-electron chi connectivity index (χ2n) is 7.48. The third kappa shape index (κ3) is 2.54. The zero-order chi connectivity index (χ0) is 16.7. The number of rotatable bonds is 3. The summed E-state index contributed by atoms with van der Waals surface area (Å²) in [5.74, 6) is 1.56. The molecule has 4 rings (SSSR count). The molecule has 3 fully saturated rings. The second kappa shape index (κ2) is 6.30. The second-order valence-corrected chi connectivity index (χ2v) is 8.77. The Bertz CT molecular complexity index is 615. The third-order valence-corrected chi connectivity index (χ3v) is 7.35. The van der Waals surface area contributed by atoms with Gasteiger partial charge in [0.1, 0.15) is 5.01 Å². The summed E-state index contributed by atoms with van der Waals surface area (Å²) in [5, 5.41) is 8.32. The average Bonchev–Trinajstić information content (AvgIpc) is 3.28. The van der Waals surface area contributed by atoms with E-state index in [0.717, 1.165) is 29.8 Å². The fraction of sp³-hybridized carbons (Fsp3) is 0.778. The first-order chi connectivity index (χ1) is 11.6. The van der Waals surface area contributed by atoms with Crippen molar-refractivity contribution >= 4 is 17.3 Å². The number of ether oxygens (including phenoxy) is 1. The molecule has 3 atom stereocenters. The zero-order valence-corrected chi connectivity index (χ0v) is 15.7. The van der Waals surface area contributed by atoms with Gasteiger partial charge in [0.05, 0.1) is 18.3 Å². The van der Waals surface area contributed by atoms with E-state index in [1.54, 1.807) is 11.3 Å². The number of aromatic nitrogens is 1. The molecule has 5 nitrogen and oxygen atoms in total. The van der Waals surface area contributed by atoms with Gasteiger partial charge in [0.25, 0.3) is 0 Å². The number of fused-ring (bicyclic) bond motifs is 2. The van der Waals surface area contributed by atoms with Gasteiger partial charge < -0.3 is 15.4 Å². The number of nitrogens with one attached hydrogen (secondary N) is 2. The number of guanidine groups is 1. The minimum atomic E-state index is 0.354. The Morgan fingerprint density at radius 2 is 2.17 bits per heavy atom. The number of hydrogen-bond donors (Lipinski definition) is 2. The van der Waals surface area contributed by atoms with Gasteiger partial charge in [-0.05, 0) is 33.1 Å². The molecule has 2 N–H and O–H groups in total. The first kappa shape index (κ1) is 16.3. The molecule has 1 aliphatic heterocycles. The minimum Gasteiger partial charge on any atom is -0.377 e. The lowest BCUT2D eigenvalue weighted by Crippen LogP contribution is -2.69. The summed E-state index contributed by atoms with van der Waals surface area (Å²) in [7, 11) is 1.86. The van der Waals surface area contributed by atoms with Crippen LogP contribution >= 0.6 is 11.3 Å². The molecule has 3 aliphatic rings. The van der Waals surface area contributed by atoms with E-state index >= 15 is 0 Å². The topological polar surface area (TPSA) is 58.5 Å². The van der Waals surface area contributed by atoms with Crippen LogP contribution in [0.5, 0.6) is 0 Å². The van der Waals surface area contributed by atoms with Crippen LogP contribution < -0.4 is 10.6 Å². The van der Waals surface area contributed by atoms with Gasteiger partial charge >= 0.3 is 0 Å². The van der Waals surface area contributed by atoms with Crippen LogP contribution in [0.2, 0.25) is 0 Å². The number of nitrogens with zero attached hydrogens (tertiary/aromatic N) is 2. The summed E-state index contributed by atoms with van der Waals surface area (Å²) in [5.41, 5.74) is 1.49. The molecule has 1 saturated heterocycles. The Labute approximate surface area is 148 Å². The van der Waals surface area contributed by atoms with Crippen molar-refractivity contribution in [3.63, 3.8) is 0 Å². The van der Waals surface area contributed by atoms with Gasteiger partial charge in [-0.1, -0.05) is 12.8 Å². The molecular weight excluding hydrogens is 320 g/mol. The first-order valence-corrected chi connectivity index (χ1v) is 9.97. The van der Waals surface area contributed by atoms with Crippen molar-refractivity contribution in [2.24, 2.45) is 16.3 Å². The molecule has 6 heteroatoms. The standard InChI is InChI=1S/C18H28N4OS/c1-11-12(2)24-14(21-11)10-20-17(19-3)22-15-13-6-9-23-16(13)18(15)7-4-5-8-18/h13,15-16H,4-10H2,1-3H3,(H2,19,20,22). The minimum absolute atomic E-state index is 0.354. The van der Waals surface area contributed by atoms with Crippen molar-refractivity contribution in [3.8, 4) is 0 Å². The lowest BCUT2D eigenvalue weighted by atomic mass is 9.54. The van der Waals surface area contributed by atoms with E-state index in [0.29, 0.717) is 23.5 Å². The van der Waals surface area contributed by atoms with Crippen LogP contribution in [0.4, 0.5) is 0 Å². The van der Waals surface area contributed by atoms with Crippen molar-refractivity contribution in [1.82, 2.24) is 15.6 Å². The molecule has 1 aromatic heterocycles. The molecular formula is C18H28N4OS. The van der Waals surface area contributed by atoms with Crippen molar-refractivity contribution in [1.29, 1.82) is 0 Å². The van der Waals surface area contributed by atoms with Gasteiger partial charge in [-0.2, -0.15) is 0 Å². The molecule has 0 radical (unpaired) electrons. The molecule has 1 spiro atoms. The molecule has 0 amide bonds. The Kier molecular flexibility index (Phi) is 4.29. The highest BCUT2D eigenvalue weighted by Gasteiger charge is 2.65. The largest absolute Gasteiger partial charge is 0.377 e. The zero-order valence-electron chi connectivity index (χ0n) is 14.9. The van der Waals surface area contributed by atoms with Crippen LogP contribution in [0, 0.1) is 25.2 Å². The molecule has 1 aromatic rings. The Morgan fingerprint density at radius 1 is 1.38 bits per heavy atom. The van der Waals surface area contributed by atoms with Gasteiger partial charge in [0, 0.05) is 35.9 Å². The number of hydrogen-bond acceptors (Lipinski definition) is 4. The van der Waals surface area contributed by atoms with E-state index in [2.05, 4.69) is 34.5 Å². The Morgan fingerprint density at radius 3 is 2.83 bits per heavy atom. The molecule has 0 bridgehead atoms. The van der Waals surface area contributed by atoms with Crippen LogP contribution in [0.1, 0.15) is 47.7 Å². The van der Waals surface area contributed by atoms with Crippen LogP contribution in [0.15, 0.2) is 4.99 Å². The maximum atomic E-state index is 6.07. The Balaban J connectivity index is 1.41. The van der Waals surface area contributed by atoms with E-state index in [9.17, 15) is 0 Å². The predicted octanol–water partition coefficient (Wildman–Crippen LogP) is 2.77. The quantitative estimate of drug-likeness (QED) is 0.651. The normalized spacial score (nSPS) is 31.1. The molecule has 0 aromatic carbocycles. The van der Waals surface area contributed by atoms with Crippen LogP contribution in [-0.4, -0.2) is 36.7 Å². The van der Waals surface area contributed by atoms with Gasteiger partial charge in [-0.15, -0.1) is 11.3 Å². The van der Waals surface area contributed by atoms with E-state index in [4.69, 9.17) is 4.74 Å². The lowest BCUT2D eigenvalue weighted by molar-refractivity contribution is -0.125. The highest BCUT2D eigenvalue weighted by molar-refractivity contribution is 7.11. The van der Waals surface area contributed by atoms with Gasteiger partial charge in [-0.3, -0.25) is 4.99 Å². The lowest BCUT2D eigenvalue weighted by Gasteiger charge is -2.57. The third-order valence-electron chi connectivity index (χ3n) is 6.28. The van der Waals surface area contributed by atoms with Crippen LogP contribution in [-0.2, 0) is 11.3 Å². The molecule has 132 valence electrons. The SMILES string of the molecule is CN=C(NCc1nc(C)c(C)s1)NC1C2CCOC2C12CCCC2. The molecule has 2 heterocycles. The average molecular weight is 349 g/mol. The molecule has 3 unspecified atom stereocenters. The van der Waals surface area contributed by atoms with E-state index in [1.807, 2.05) is 7.05 Å². The Hall–Kier alpha value is -1.14. The van der Waals surface area contributed by atoms with Gasteiger partial charge in [-0.25, -0.2) is 4.98 Å². The smallest absolute Gasteiger partial charge is 0.191 e. The van der Waals surface area contributed by atoms with Crippen LogP contribution in [0.3, 0.4) is 0 Å². The predicted molar refractivity (Wildman–Crippen MR) is 97.5 cm³/mol. The summed E-state index contributed by atoms with van der Waals surface area (Å²) >= 11 is 1.76. The van der Waals surface area contributed by atoms with E-state index < -0.39 is 0 Å². The number of thiazole rings is 1. The monoisotopic (exact) mass is 348 g/mol. The van der Waals surface area contributed by atoms with Crippen LogP contribution in [0.25, 0.3) is 0 Å². The molecule has 2 aliphatic carbocycles. The molecule has 2 saturated carbocycles. The van der Waals surface area contributed by atoms with Crippen molar-refractivity contribution in [2.75, 3.05) is 13.7 Å². The summed E-state index contributed by atoms with van der Waals surface area (Å²) in [4.78, 5) is 10.4. The highest BCUT2D eigenvalue weighted by atomic mass is 32.1. The summed E-state index contributed by atoms with van der Waals surface area (Å²) in [6.45, 7) is 5.87. The summed E-state index contributed by atoms with van der Waals surface area (Å²) in [6.07, 6.45) is 6.95.